The van der Waals surface area contributed by atoms with Gasteiger partial charge >= 0.3 is 0 Å². The molecule has 0 aliphatic carbocycles. The van der Waals surface area contributed by atoms with E-state index < -0.39 is 0 Å². The molecule has 0 unspecified atom stereocenters. The highest BCUT2D eigenvalue weighted by molar-refractivity contribution is 7.16. The van der Waals surface area contributed by atoms with Gasteiger partial charge in [0.05, 0.1) is 0 Å². The molecule has 0 radical (unpaired) electrons. The number of anilines is 1. The summed E-state index contributed by atoms with van der Waals surface area (Å²) >= 11 is 1.40. The van der Waals surface area contributed by atoms with Crippen LogP contribution in [0.25, 0.3) is 16.5 Å². The number of thiophene rings is 1. The fourth-order valence-corrected chi connectivity index (χ4v) is 3.82. The summed E-state index contributed by atoms with van der Waals surface area (Å²) in [7, 11) is 0. The Balaban J connectivity index is 1.38. The molecule has 3 heterocycles. The van der Waals surface area contributed by atoms with Gasteiger partial charge in [0.15, 0.2) is 0 Å². The van der Waals surface area contributed by atoms with E-state index in [1.54, 1.807) is 24.5 Å². The van der Waals surface area contributed by atoms with Crippen LogP contribution in [0.4, 0.5) is 5.69 Å². The molecule has 0 aliphatic rings. The first-order valence-electron chi connectivity index (χ1n) is 9.48. The monoisotopic (exact) mass is 427 g/mol. The quantitative estimate of drug-likeness (QED) is 0.435. The summed E-state index contributed by atoms with van der Waals surface area (Å²) in [6.07, 6.45) is 9.35. The zero-order chi connectivity index (χ0) is 21.5. The van der Waals surface area contributed by atoms with Gasteiger partial charge < -0.3 is 9.73 Å². The van der Waals surface area contributed by atoms with Crippen molar-refractivity contribution in [3.8, 4) is 16.5 Å². The van der Waals surface area contributed by atoms with Crippen LogP contribution in [0.5, 0.6) is 0 Å². The van der Waals surface area contributed by atoms with Crippen LogP contribution in [0, 0.1) is 11.3 Å². The Bertz CT molecular complexity index is 1240. The van der Waals surface area contributed by atoms with E-state index in [4.69, 9.17) is 9.68 Å². The van der Waals surface area contributed by atoms with Gasteiger partial charge in [-0.15, -0.1) is 21.5 Å². The molecule has 8 heteroatoms. The van der Waals surface area contributed by atoms with Crippen molar-refractivity contribution >= 4 is 29.0 Å². The lowest BCUT2D eigenvalue weighted by molar-refractivity contribution is -0.111. The Hall–Kier alpha value is -4.09. The molecule has 152 valence electrons. The van der Waals surface area contributed by atoms with Crippen LogP contribution in [0.15, 0.2) is 71.7 Å². The first-order chi connectivity index (χ1) is 15.2. The number of nitrogens with zero attached hydrogens (tertiary/aromatic N) is 4. The van der Waals surface area contributed by atoms with E-state index in [0.29, 0.717) is 22.9 Å². The molecule has 0 bridgehead atoms. The van der Waals surface area contributed by atoms with Crippen molar-refractivity contribution < 1.29 is 9.21 Å². The Morgan fingerprint density at radius 2 is 2.03 bits per heavy atom. The van der Waals surface area contributed by atoms with Gasteiger partial charge in [0.2, 0.25) is 18.2 Å². The molecule has 0 fully saturated rings. The zero-order valence-corrected chi connectivity index (χ0v) is 17.2. The average Bonchev–Trinajstić information content (AvgIpc) is 3.49. The Kier molecular flexibility index (Phi) is 6.26. The van der Waals surface area contributed by atoms with E-state index in [2.05, 4.69) is 26.6 Å². The molecule has 4 rings (SSSR count). The number of hydrogen-bond donors (Lipinski definition) is 1. The summed E-state index contributed by atoms with van der Waals surface area (Å²) < 4.78 is 5.13. The van der Waals surface area contributed by atoms with Crippen molar-refractivity contribution in [3.05, 3.63) is 89.2 Å². The number of aryl methyl sites for hydroxylation is 2. The van der Waals surface area contributed by atoms with Crippen molar-refractivity contribution in [2.45, 2.75) is 12.8 Å². The first-order valence-corrected chi connectivity index (χ1v) is 10.3. The molecule has 4 aromatic rings. The van der Waals surface area contributed by atoms with Crippen molar-refractivity contribution in [1.29, 1.82) is 5.26 Å². The maximum Gasteiger partial charge on any atom is 0.248 e. The van der Waals surface area contributed by atoms with Crippen LogP contribution in [-0.2, 0) is 17.6 Å². The van der Waals surface area contributed by atoms with Gasteiger partial charge in [-0.1, -0.05) is 12.1 Å². The number of hydrogen-bond acceptors (Lipinski definition) is 7. The van der Waals surface area contributed by atoms with E-state index in [9.17, 15) is 4.79 Å². The molecular weight excluding hydrogens is 410 g/mol. The molecule has 3 aromatic heterocycles. The number of nitrogens with one attached hydrogen (secondary N) is 1. The number of carbonyl (C=O) groups excluding carboxylic acids is 1. The smallest absolute Gasteiger partial charge is 0.248 e. The van der Waals surface area contributed by atoms with Crippen LogP contribution < -0.4 is 5.32 Å². The van der Waals surface area contributed by atoms with Crippen molar-refractivity contribution in [1.82, 2.24) is 15.2 Å². The minimum absolute atomic E-state index is 0.239. The number of amides is 1. The maximum atomic E-state index is 12.4. The highest BCUT2D eigenvalue weighted by atomic mass is 32.1. The fourth-order valence-electron chi connectivity index (χ4n) is 2.97. The topological polar surface area (TPSA) is 105 Å². The summed E-state index contributed by atoms with van der Waals surface area (Å²) in [5.74, 6) is 0.362. The molecule has 1 amide bonds. The molecule has 0 saturated carbocycles. The molecule has 1 N–H and O–H groups in total. The minimum atomic E-state index is -0.239. The summed E-state index contributed by atoms with van der Waals surface area (Å²) in [6, 6.07) is 15.3. The number of aromatic nitrogens is 3. The van der Waals surface area contributed by atoms with Gasteiger partial charge in [0, 0.05) is 46.6 Å². The second kappa shape index (κ2) is 9.61. The normalized spacial score (nSPS) is 10.8. The van der Waals surface area contributed by atoms with E-state index in [1.807, 2.05) is 36.4 Å². The first kappa shape index (κ1) is 20.2. The van der Waals surface area contributed by atoms with Gasteiger partial charge in [0.1, 0.15) is 10.9 Å². The Labute approximate surface area is 182 Å². The lowest BCUT2D eigenvalue weighted by Gasteiger charge is -2.05. The number of pyridine rings is 1. The van der Waals surface area contributed by atoms with Crippen LogP contribution in [0.1, 0.15) is 21.9 Å². The van der Waals surface area contributed by atoms with E-state index >= 15 is 0 Å². The largest absolute Gasteiger partial charge is 0.428 e. The predicted molar refractivity (Wildman–Crippen MR) is 118 cm³/mol. The molecule has 0 atom stereocenters. The van der Waals surface area contributed by atoms with E-state index in [-0.39, 0.29) is 5.91 Å². The van der Waals surface area contributed by atoms with E-state index in [1.165, 1.54) is 23.8 Å². The van der Waals surface area contributed by atoms with Crippen molar-refractivity contribution in [2.75, 3.05) is 5.32 Å². The summed E-state index contributed by atoms with van der Waals surface area (Å²) in [5.41, 5.74) is 3.55. The number of benzene rings is 1. The molecule has 7 nitrogen and oxygen atoms in total. The van der Waals surface area contributed by atoms with Gasteiger partial charge in [0.25, 0.3) is 0 Å². The predicted octanol–water partition coefficient (Wildman–Crippen LogP) is 4.50. The second-order valence-corrected chi connectivity index (χ2v) is 7.67. The molecule has 0 aliphatic heterocycles. The third kappa shape index (κ3) is 5.29. The maximum absolute atomic E-state index is 12.4. The molecule has 0 spiro atoms. The number of carbonyl (C=O) groups is 1. The third-order valence-corrected chi connectivity index (χ3v) is 5.53. The van der Waals surface area contributed by atoms with E-state index in [0.717, 1.165) is 28.0 Å². The highest BCUT2D eigenvalue weighted by Gasteiger charge is 2.07. The number of rotatable bonds is 7. The summed E-state index contributed by atoms with van der Waals surface area (Å²) in [4.78, 5) is 18.1. The van der Waals surface area contributed by atoms with Crippen LogP contribution in [0.2, 0.25) is 0 Å². The SMILES string of the molecule is N#Cc1ccc(-c2ccncc2/C=C/C(=O)Nc2ccc(CCc3nnco3)cc2)s1. The Morgan fingerprint density at radius 1 is 1.16 bits per heavy atom. The van der Waals surface area contributed by atoms with Gasteiger partial charge in [-0.25, -0.2) is 0 Å². The third-order valence-electron chi connectivity index (χ3n) is 4.50. The molecular formula is C23H17N5O2S. The minimum Gasteiger partial charge on any atom is -0.428 e. The van der Waals surface area contributed by atoms with Crippen LogP contribution in [-0.4, -0.2) is 21.1 Å². The van der Waals surface area contributed by atoms with Gasteiger partial charge in [-0.2, -0.15) is 5.26 Å². The highest BCUT2D eigenvalue weighted by Crippen LogP contribution is 2.30. The standard InChI is InChI=1S/C23H17N5O2S/c24-13-19-7-8-21(31-19)20-11-12-25-14-17(20)4-9-22(29)27-18-5-1-16(2-6-18)3-10-23-28-26-15-30-23/h1-2,4-9,11-12,14-15H,3,10H2,(H,27,29)/b9-4+. The van der Waals surface area contributed by atoms with Gasteiger partial charge in [-0.05, 0) is 48.4 Å². The molecule has 0 saturated heterocycles. The van der Waals surface area contributed by atoms with Crippen molar-refractivity contribution in [2.24, 2.45) is 0 Å². The van der Waals surface area contributed by atoms with Crippen LogP contribution >= 0.6 is 11.3 Å². The second-order valence-electron chi connectivity index (χ2n) is 6.59. The molecule has 1 aromatic carbocycles. The lowest BCUT2D eigenvalue weighted by Crippen LogP contribution is -2.07. The van der Waals surface area contributed by atoms with Crippen LogP contribution in [0.3, 0.4) is 0 Å². The zero-order valence-electron chi connectivity index (χ0n) is 16.4. The summed E-state index contributed by atoms with van der Waals surface area (Å²) in [6.45, 7) is 0. The Morgan fingerprint density at radius 3 is 2.77 bits per heavy atom. The fraction of sp³-hybridized carbons (Fsp3) is 0.0870. The average molecular weight is 427 g/mol. The summed E-state index contributed by atoms with van der Waals surface area (Å²) in [5, 5.41) is 19.4. The van der Waals surface area contributed by atoms with Crippen molar-refractivity contribution in [3.63, 3.8) is 0 Å². The number of nitriles is 1. The molecule has 31 heavy (non-hydrogen) atoms. The lowest BCUT2D eigenvalue weighted by atomic mass is 10.1. The van der Waals surface area contributed by atoms with Gasteiger partial charge in [-0.3, -0.25) is 9.78 Å².